The number of nitrogens with one attached hydrogen (secondary N) is 3. The molecule has 0 atom stereocenters. The summed E-state index contributed by atoms with van der Waals surface area (Å²) in [4.78, 5) is 12.8. The standard InChI is InChI=1S/C24H24BrN3O5S2/c1-3-14-33-22-13-4-16(25)15-21(22)23(29)27-24(34)26-17-7-11-20(12-8-17)35(30,31)28-18-5-9-19(32-2)10-6-18/h4-13,15,28H,3,14H2,1-2H3,(H2,26,27,29,34). The molecule has 0 unspecified atom stereocenters. The minimum Gasteiger partial charge on any atom is -0.497 e. The first-order chi connectivity index (χ1) is 16.7. The Morgan fingerprint density at radius 3 is 2.29 bits per heavy atom. The smallest absolute Gasteiger partial charge is 0.261 e. The van der Waals surface area contributed by atoms with Crippen LogP contribution in [0.2, 0.25) is 0 Å². The van der Waals surface area contributed by atoms with Gasteiger partial charge in [-0.1, -0.05) is 22.9 Å². The summed E-state index contributed by atoms with van der Waals surface area (Å²) in [7, 11) is -2.26. The van der Waals surface area contributed by atoms with E-state index >= 15 is 0 Å². The fourth-order valence-electron chi connectivity index (χ4n) is 2.94. The molecule has 184 valence electrons. The van der Waals surface area contributed by atoms with Gasteiger partial charge in [-0.15, -0.1) is 0 Å². The number of ether oxygens (including phenoxy) is 2. The lowest BCUT2D eigenvalue weighted by atomic mass is 10.2. The summed E-state index contributed by atoms with van der Waals surface area (Å²) in [5.41, 5.74) is 1.25. The molecule has 3 rings (SSSR count). The Kier molecular flexibility index (Phi) is 9.07. The molecule has 0 aliphatic heterocycles. The Balaban J connectivity index is 1.63. The zero-order chi connectivity index (χ0) is 25.4. The molecule has 0 aliphatic carbocycles. The molecule has 0 aromatic heterocycles. The van der Waals surface area contributed by atoms with E-state index < -0.39 is 15.9 Å². The van der Waals surface area contributed by atoms with Gasteiger partial charge in [-0.25, -0.2) is 8.42 Å². The van der Waals surface area contributed by atoms with E-state index in [4.69, 9.17) is 21.7 Å². The molecule has 0 aliphatic rings. The Labute approximate surface area is 218 Å². The summed E-state index contributed by atoms with van der Waals surface area (Å²) in [6.45, 7) is 2.45. The van der Waals surface area contributed by atoms with Crippen molar-refractivity contribution in [2.24, 2.45) is 0 Å². The highest BCUT2D eigenvalue weighted by Gasteiger charge is 2.16. The summed E-state index contributed by atoms with van der Waals surface area (Å²) < 4.78 is 39.3. The molecule has 0 fully saturated rings. The van der Waals surface area contributed by atoms with Gasteiger partial charge in [-0.3, -0.25) is 14.8 Å². The van der Waals surface area contributed by atoms with Crippen LogP contribution in [0, 0.1) is 0 Å². The van der Waals surface area contributed by atoms with Crippen LogP contribution in [-0.2, 0) is 10.0 Å². The van der Waals surface area contributed by atoms with Crippen molar-refractivity contribution in [1.29, 1.82) is 0 Å². The van der Waals surface area contributed by atoms with E-state index in [0.717, 1.165) is 10.9 Å². The van der Waals surface area contributed by atoms with E-state index in [0.29, 0.717) is 35.0 Å². The number of sulfonamides is 1. The first-order valence-corrected chi connectivity index (χ1v) is 13.2. The van der Waals surface area contributed by atoms with Gasteiger partial charge in [0.05, 0.1) is 24.2 Å². The molecule has 0 saturated heterocycles. The van der Waals surface area contributed by atoms with Crippen LogP contribution in [0.3, 0.4) is 0 Å². The molecule has 0 bridgehead atoms. The van der Waals surface area contributed by atoms with Crippen molar-refractivity contribution in [2.75, 3.05) is 23.8 Å². The topological polar surface area (TPSA) is 106 Å². The molecular formula is C24H24BrN3O5S2. The number of carbonyl (C=O) groups is 1. The molecule has 3 N–H and O–H groups in total. The SMILES string of the molecule is CCCOc1ccc(Br)cc1C(=O)NC(=S)Nc1ccc(S(=O)(=O)Nc2ccc(OC)cc2)cc1. The van der Waals surface area contributed by atoms with Crippen molar-refractivity contribution in [2.45, 2.75) is 18.2 Å². The van der Waals surface area contributed by atoms with Gasteiger partial charge in [0.2, 0.25) is 0 Å². The number of amides is 1. The predicted molar refractivity (Wildman–Crippen MR) is 144 cm³/mol. The Hall–Kier alpha value is -3.15. The Morgan fingerprint density at radius 2 is 1.66 bits per heavy atom. The van der Waals surface area contributed by atoms with E-state index in [-0.39, 0.29) is 10.0 Å². The van der Waals surface area contributed by atoms with Gasteiger partial charge in [0.1, 0.15) is 11.5 Å². The molecule has 35 heavy (non-hydrogen) atoms. The van der Waals surface area contributed by atoms with Gasteiger partial charge < -0.3 is 14.8 Å². The van der Waals surface area contributed by atoms with Gasteiger partial charge in [-0.05, 0) is 85.4 Å². The van der Waals surface area contributed by atoms with Gasteiger partial charge in [0.25, 0.3) is 15.9 Å². The second-order valence-electron chi connectivity index (χ2n) is 7.26. The number of methoxy groups -OCH3 is 1. The van der Waals surface area contributed by atoms with Gasteiger partial charge in [0.15, 0.2) is 5.11 Å². The number of hydrogen-bond donors (Lipinski definition) is 3. The van der Waals surface area contributed by atoms with Crippen molar-refractivity contribution in [3.05, 3.63) is 76.8 Å². The van der Waals surface area contributed by atoms with E-state index in [1.807, 2.05) is 6.92 Å². The van der Waals surface area contributed by atoms with Crippen LogP contribution >= 0.6 is 28.1 Å². The second kappa shape index (κ2) is 12.0. The zero-order valence-corrected chi connectivity index (χ0v) is 22.2. The molecule has 11 heteroatoms. The normalized spacial score (nSPS) is 10.8. The third-order valence-corrected chi connectivity index (χ3v) is 6.73. The summed E-state index contributed by atoms with van der Waals surface area (Å²) in [6.07, 6.45) is 0.804. The number of halogens is 1. The first kappa shape index (κ1) is 26.5. The first-order valence-electron chi connectivity index (χ1n) is 10.5. The lowest BCUT2D eigenvalue weighted by Crippen LogP contribution is -2.34. The molecule has 0 heterocycles. The maximum atomic E-state index is 12.7. The molecule has 0 spiro atoms. The van der Waals surface area contributed by atoms with Crippen molar-refractivity contribution in [1.82, 2.24) is 5.32 Å². The lowest BCUT2D eigenvalue weighted by Gasteiger charge is -2.14. The summed E-state index contributed by atoms with van der Waals surface area (Å²) >= 11 is 8.61. The maximum absolute atomic E-state index is 12.7. The van der Waals surface area contributed by atoms with Crippen molar-refractivity contribution in [3.8, 4) is 11.5 Å². The van der Waals surface area contributed by atoms with Crippen molar-refractivity contribution in [3.63, 3.8) is 0 Å². The molecule has 0 radical (unpaired) electrons. The highest BCUT2D eigenvalue weighted by atomic mass is 79.9. The quantitative estimate of drug-likeness (QED) is 0.301. The number of rotatable bonds is 9. The van der Waals surface area contributed by atoms with Crippen LogP contribution in [0.15, 0.2) is 76.1 Å². The number of thiocarbonyl (C=S) groups is 1. The summed E-state index contributed by atoms with van der Waals surface area (Å²) in [5, 5.41) is 5.55. The average molecular weight is 579 g/mol. The van der Waals surface area contributed by atoms with Crippen LogP contribution in [-0.4, -0.2) is 33.2 Å². The largest absolute Gasteiger partial charge is 0.497 e. The zero-order valence-electron chi connectivity index (χ0n) is 19.0. The van der Waals surface area contributed by atoms with Gasteiger partial charge in [-0.2, -0.15) is 0 Å². The highest BCUT2D eigenvalue weighted by Crippen LogP contribution is 2.24. The number of anilines is 2. The van der Waals surface area contributed by atoms with E-state index in [9.17, 15) is 13.2 Å². The number of hydrogen-bond acceptors (Lipinski definition) is 6. The maximum Gasteiger partial charge on any atom is 0.261 e. The average Bonchev–Trinajstić information content (AvgIpc) is 2.83. The van der Waals surface area contributed by atoms with Crippen molar-refractivity contribution < 1.29 is 22.7 Å². The minimum absolute atomic E-state index is 0.0587. The number of carbonyl (C=O) groups excluding carboxylic acids is 1. The molecular weight excluding hydrogens is 554 g/mol. The van der Waals surface area contributed by atoms with Crippen LogP contribution < -0.4 is 24.8 Å². The molecule has 8 nitrogen and oxygen atoms in total. The van der Waals surface area contributed by atoms with Crippen LogP contribution in [0.1, 0.15) is 23.7 Å². The molecule has 1 amide bonds. The Bertz CT molecular complexity index is 1300. The van der Waals surface area contributed by atoms with Crippen LogP contribution in [0.25, 0.3) is 0 Å². The van der Waals surface area contributed by atoms with Crippen LogP contribution in [0.4, 0.5) is 11.4 Å². The highest BCUT2D eigenvalue weighted by molar-refractivity contribution is 9.10. The van der Waals surface area contributed by atoms with Gasteiger partial charge >= 0.3 is 0 Å². The molecule has 3 aromatic carbocycles. The third-order valence-electron chi connectivity index (χ3n) is 4.64. The minimum atomic E-state index is -3.79. The number of benzene rings is 3. The van der Waals surface area contributed by atoms with Crippen molar-refractivity contribution >= 4 is 60.6 Å². The van der Waals surface area contributed by atoms with E-state index in [1.165, 1.54) is 19.2 Å². The fourth-order valence-corrected chi connectivity index (χ4v) is 4.57. The second-order valence-corrected chi connectivity index (χ2v) is 10.3. The Morgan fingerprint density at radius 1 is 1.00 bits per heavy atom. The van der Waals surface area contributed by atoms with E-state index in [2.05, 4.69) is 31.3 Å². The lowest BCUT2D eigenvalue weighted by molar-refractivity contribution is 0.0973. The molecule has 3 aromatic rings. The molecule has 0 saturated carbocycles. The van der Waals surface area contributed by atoms with E-state index in [1.54, 1.807) is 54.6 Å². The van der Waals surface area contributed by atoms with Gasteiger partial charge in [0, 0.05) is 15.8 Å². The fraction of sp³-hybridized carbons (Fsp3) is 0.167. The monoisotopic (exact) mass is 577 g/mol. The third kappa shape index (κ3) is 7.41. The summed E-state index contributed by atoms with van der Waals surface area (Å²) in [5.74, 6) is 0.642. The summed E-state index contributed by atoms with van der Waals surface area (Å²) in [6, 6.07) is 17.7. The predicted octanol–water partition coefficient (Wildman–Crippen LogP) is 5.17. The van der Waals surface area contributed by atoms with Crippen LogP contribution in [0.5, 0.6) is 11.5 Å².